The molecule has 0 fully saturated rings. The number of hydrazone groups is 1. The number of urea groups is 1. The predicted octanol–water partition coefficient (Wildman–Crippen LogP) is 2.79. The number of aromatic nitrogens is 1. The summed E-state index contributed by atoms with van der Waals surface area (Å²) in [7, 11) is 6.68. The van der Waals surface area contributed by atoms with Crippen LogP contribution in [0, 0.1) is 0 Å². The summed E-state index contributed by atoms with van der Waals surface area (Å²) < 4.78 is 18.2. The SMILES string of the molecule is COCCN(CC(=O)N1N=C(c2cccn2C)C[C@@H]1c1cc(OC)ccc1OC)C(=O)NC(C)C. The van der Waals surface area contributed by atoms with Gasteiger partial charge in [-0.05, 0) is 44.2 Å². The van der Waals surface area contributed by atoms with Crippen molar-refractivity contribution in [1.82, 2.24) is 19.8 Å². The minimum atomic E-state index is -0.421. The van der Waals surface area contributed by atoms with Gasteiger partial charge in [-0.1, -0.05) is 0 Å². The van der Waals surface area contributed by atoms with Crippen LogP contribution in [-0.4, -0.2) is 79.2 Å². The van der Waals surface area contributed by atoms with Gasteiger partial charge in [-0.15, -0.1) is 0 Å². The molecule has 190 valence electrons. The zero-order valence-corrected chi connectivity index (χ0v) is 21.3. The lowest BCUT2D eigenvalue weighted by molar-refractivity contribution is -0.133. The van der Waals surface area contributed by atoms with Gasteiger partial charge in [0.1, 0.15) is 18.0 Å². The van der Waals surface area contributed by atoms with E-state index in [0.717, 1.165) is 17.0 Å². The number of nitrogens with one attached hydrogen (secondary N) is 1. The van der Waals surface area contributed by atoms with Gasteiger partial charge in [-0.25, -0.2) is 9.80 Å². The van der Waals surface area contributed by atoms with Crippen molar-refractivity contribution in [2.75, 3.05) is 41.0 Å². The van der Waals surface area contributed by atoms with E-state index in [1.807, 2.05) is 62.0 Å². The monoisotopic (exact) mass is 485 g/mol. The van der Waals surface area contributed by atoms with Crippen molar-refractivity contribution in [3.8, 4) is 11.5 Å². The van der Waals surface area contributed by atoms with Crippen LogP contribution in [0.15, 0.2) is 41.6 Å². The molecular formula is C25H35N5O5. The number of nitrogens with zero attached hydrogens (tertiary/aromatic N) is 4. The molecule has 10 heteroatoms. The third kappa shape index (κ3) is 6.13. The number of amides is 3. The number of hydrogen-bond acceptors (Lipinski definition) is 6. The zero-order chi connectivity index (χ0) is 25.5. The standard InChI is InChI=1S/C25H35N5O5/c1-17(2)26-25(32)29(12-13-33-4)16-24(31)30-22(15-20(27-30)21-8-7-11-28(21)3)19-14-18(34-5)9-10-23(19)35-6/h7-11,14,17,22H,12-13,15-16H2,1-6H3,(H,26,32)/t22-/m1/s1. The molecule has 10 nitrogen and oxygen atoms in total. The smallest absolute Gasteiger partial charge is 0.318 e. The number of aryl methyl sites for hydroxylation is 1. The molecule has 3 rings (SSSR count). The zero-order valence-electron chi connectivity index (χ0n) is 21.3. The van der Waals surface area contributed by atoms with Crippen LogP contribution in [0.3, 0.4) is 0 Å². The molecule has 1 N–H and O–H groups in total. The fourth-order valence-electron chi connectivity index (χ4n) is 4.03. The van der Waals surface area contributed by atoms with Crippen LogP contribution in [0.1, 0.15) is 37.6 Å². The van der Waals surface area contributed by atoms with Gasteiger partial charge in [0, 0.05) is 44.9 Å². The van der Waals surface area contributed by atoms with E-state index in [4.69, 9.17) is 19.3 Å². The maximum Gasteiger partial charge on any atom is 0.318 e. The first kappa shape index (κ1) is 26.1. The summed E-state index contributed by atoms with van der Waals surface area (Å²) in [4.78, 5) is 27.8. The summed E-state index contributed by atoms with van der Waals surface area (Å²) in [5.41, 5.74) is 2.47. The topological polar surface area (TPSA) is 97.6 Å². The van der Waals surface area contributed by atoms with Gasteiger partial charge in [-0.3, -0.25) is 4.79 Å². The highest BCUT2D eigenvalue weighted by atomic mass is 16.5. The van der Waals surface area contributed by atoms with Gasteiger partial charge in [0.05, 0.1) is 38.3 Å². The van der Waals surface area contributed by atoms with E-state index in [1.54, 1.807) is 21.3 Å². The second kappa shape index (κ2) is 11.7. The van der Waals surface area contributed by atoms with Gasteiger partial charge < -0.3 is 29.0 Å². The summed E-state index contributed by atoms with van der Waals surface area (Å²) in [5, 5.41) is 9.04. The fourth-order valence-corrected chi connectivity index (χ4v) is 4.03. The molecule has 0 saturated heterocycles. The lowest BCUT2D eigenvalue weighted by atomic mass is 9.99. The molecule has 0 spiro atoms. The van der Waals surface area contributed by atoms with Crippen molar-refractivity contribution in [3.05, 3.63) is 47.8 Å². The van der Waals surface area contributed by atoms with E-state index in [2.05, 4.69) is 5.32 Å². The number of rotatable bonds is 10. The average Bonchev–Trinajstić information content (AvgIpc) is 3.46. The van der Waals surface area contributed by atoms with E-state index in [-0.39, 0.29) is 31.1 Å². The molecule has 0 aliphatic carbocycles. The molecule has 2 aromatic rings. The number of hydrogen-bond donors (Lipinski definition) is 1. The molecule has 1 aliphatic rings. The normalized spacial score (nSPS) is 15.2. The molecule has 1 atom stereocenters. The largest absolute Gasteiger partial charge is 0.497 e. The van der Waals surface area contributed by atoms with Crippen LogP contribution in [0.2, 0.25) is 0 Å². The van der Waals surface area contributed by atoms with E-state index in [0.29, 0.717) is 24.5 Å². The Morgan fingerprint density at radius 1 is 1.20 bits per heavy atom. The Morgan fingerprint density at radius 3 is 2.57 bits per heavy atom. The highest BCUT2D eigenvalue weighted by Gasteiger charge is 2.36. The molecule has 35 heavy (non-hydrogen) atoms. The first-order valence-electron chi connectivity index (χ1n) is 11.6. The number of carbonyl (C=O) groups excluding carboxylic acids is 2. The summed E-state index contributed by atoms with van der Waals surface area (Å²) in [6.07, 6.45) is 2.43. The molecule has 0 radical (unpaired) electrons. The molecule has 3 amide bonds. The van der Waals surface area contributed by atoms with E-state index < -0.39 is 6.04 Å². The Hall–Kier alpha value is -3.53. The second-order valence-corrected chi connectivity index (χ2v) is 8.64. The fraction of sp³-hybridized carbons (Fsp3) is 0.480. The maximum absolute atomic E-state index is 13.6. The number of methoxy groups -OCH3 is 3. The lowest BCUT2D eigenvalue weighted by Crippen LogP contribution is -2.48. The van der Waals surface area contributed by atoms with E-state index in [1.165, 1.54) is 9.91 Å². The van der Waals surface area contributed by atoms with Crippen LogP contribution in [0.4, 0.5) is 4.79 Å². The Balaban J connectivity index is 1.96. The summed E-state index contributed by atoms with van der Waals surface area (Å²) in [5.74, 6) is 0.975. The summed E-state index contributed by atoms with van der Waals surface area (Å²) in [6.45, 7) is 4.18. The Bertz CT molecular complexity index is 1060. The first-order chi connectivity index (χ1) is 16.8. The minimum Gasteiger partial charge on any atom is -0.497 e. The van der Waals surface area contributed by atoms with Crippen molar-refractivity contribution in [2.45, 2.75) is 32.4 Å². The summed E-state index contributed by atoms with van der Waals surface area (Å²) >= 11 is 0. The third-order valence-corrected chi connectivity index (χ3v) is 5.79. The van der Waals surface area contributed by atoms with Crippen LogP contribution < -0.4 is 14.8 Å². The number of ether oxygens (including phenoxy) is 3. The lowest BCUT2D eigenvalue weighted by Gasteiger charge is -2.28. The van der Waals surface area contributed by atoms with Crippen LogP contribution >= 0.6 is 0 Å². The van der Waals surface area contributed by atoms with Crippen molar-refractivity contribution < 1.29 is 23.8 Å². The number of carbonyl (C=O) groups is 2. The van der Waals surface area contributed by atoms with Crippen LogP contribution in [0.25, 0.3) is 0 Å². The Labute approximate surface area is 206 Å². The Kier molecular flexibility index (Phi) is 8.75. The molecule has 0 saturated carbocycles. The van der Waals surface area contributed by atoms with Gasteiger partial charge in [0.2, 0.25) is 0 Å². The van der Waals surface area contributed by atoms with Crippen molar-refractivity contribution >= 4 is 17.6 Å². The minimum absolute atomic E-state index is 0.0646. The highest BCUT2D eigenvalue weighted by molar-refractivity contribution is 6.02. The predicted molar refractivity (Wildman–Crippen MR) is 133 cm³/mol. The molecule has 2 heterocycles. The van der Waals surface area contributed by atoms with Gasteiger partial charge in [0.25, 0.3) is 5.91 Å². The average molecular weight is 486 g/mol. The third-order valence-electron chi connectivity index (χ3n) is 5.79. The van der Waals surface area contributed by atoms with Gasteiger partial charge in [-0.2, -0.15) is 5.10 Å². The molecule has 1 aromatic heterocycles. The van der Waals surface area contributed by atoms with Gasteiger partial charge in [0.15, 0.2) is 0 Å². The first-order valence-corrected chi connectivity index (χ1v) is 11.6. The molecule has 1 aliphatic heterocycles. The quantitative estimate of drug-likeness (QED) is 0.558. The number of benzene rings is 1. The Morgan fingerprint density at radius 2 is 1.97 bits per heavy atom. The summed E-state index contributed by atoms with van der Waals surface area (Å²) in [6, 6.07) is 8.58. The van der Waals surface area contributed by atoms with Crippen LogP contribution in [-0.2, 0) is 16.6 Å². The second-order valence-electron chi connectivity index (χ2n) is 8.64. The highest BCUT2D eigenvalue weighted by Crippen LogP contribution is 2.39. The van der Waals surface area contributed by atoms with Crippen LogP contribution in [0.5, 0.6) is 11.5 Å². The molecular weight excluding hydrogens is 450 g/mol. The maximum atomic E-state index is 13.6. The molecule has 1 aromatic carbocycles. The van der Waals surface area contributed by atoms with Crippen molar-refractivity contribution in [1.29, 1.82) is 0 Å². The van der Waals surface area contributed by atoms with Crippen molar-refractivity contribution in [2.24, 2.45) is 12.1 Å². The van der Waals surface area contributed by atoms with E-state index >= 15 is 0 Å². The molecule has 0 unspecified atom stereocenters. The van der Waals surface area contributed by atoms with Gasteiger partial charge >= 0.3 is 6.03 Å². The molecule has 0 bridgehead atoms. The van der Waals surface area contributed by atoms with Crippen molar-refractivity contribution in [3.63, 3.8) is 0 Å². The van der Waals surface area contributed by atoms with E-state index in [9.17, 15) is 9.59 Å².